The van der Waals surface area contributed by atoms with Crippen LogP contribution in [-0.2, 0) is 12.8 Å². The molecule has 5 heteroatoms. The normalized spacial score (nSPS) is 10.7. The van der Waals surface area contributed by atoms with E-state index in [2.05, 4.69) is 40.0 Å². The average Bonchev–Trinajstić information content (AvgIpc) is 3.00. The summed E-state index contributed by atoms with van der Waals surface area (Å²) in [5, 5.41) is 9.25. The second-order valence-electron chi connectivity index (χ2n) is 5.63. The fraction of sp³-hybridized carbons (Fsp3) is 0.211. The highest BCUT2D eigenvalue weighted by atomic mass is 35.5. The largest absolute Gasteiger partial charge is 0.362 e. The van der Waals surface area contributed by atoms with Gasteiger partial charge in [0.2, 0.25) is 0 Å². The van der Waals surface area contributed by atoms with Crippen molar-refractivity contribution in [3.63, 3.8) is 0 Å². The number of hydrogen-bond donors (Lipinski definition) is 3. The Morgan fingerprint density at radius 3 is 2.38 bits per heavy atom. The molecule has 3 rings (SSSR count). The number of rotatable bonds is 6. The van der Waals surface area contributed by atoms with Crippen molar-refractivity contribution in [3.05, 3.63) is 70.9 Å². The van der Waals surface area contributed by atoms with Gasteiger partial charge in [0.1, 0.15) is 0 Å². The van der Waals surface area contributed by atoms with Crippen LogP contribution < -0.4 is 10.6 Å². The molecule has 0 fully saturated rings. The minimum Gasteiger partial charge on any atom is -0.362 e. The quantitative estimate of drug-likeness (QED) is 0.582. The van der Waals surface area contributed by atoms with Gasteiger partial charge in [0, 0.05) is 35.2 Å². The average molecular weight is 358 g/mol. The van der Waals surface area contributed by atoms with Gasteiger partial charge >= 0.3 is 0 Å². The van der Waals surface area contributed by atoms with Gasteiger partial charge in [-0.25, -0.2) is 0 Å². The van der Waals surface area contributed by atoms with Crippen molar-refractivity contribution in [2.45, 2.75) is 12.8 Å². The maximum Gasteiger partial charge on any atom is 0.166 e. The van der Waals surface area contributed by atoms with Gasteiger partial charge in [-0.1, -0.05) is 48.0 Å². The summed E-state index contributed by atoms with van der Waals surface area (Å²) in [5.41, 5.74) is 3.61. The van der Waals surface area contributed by atoms with Gasteiger partial charge in [-0.3, -0.25) is 0 Å². The van der Waals surface area contributed by atoms with E-state index in [-0.39, 0.29) is 0 Å². The maximum atomic E-state index is 6.15. The van der Waals surface area contributed by atoms with Crippen LogP contribution in [0.4, 0.5) is 0 Å². The summed E-state index contributed by atoms with van der Waals surface area (Å²) in [5.74, 6) is 0. The Morgan fingerprint density at radius 1 is 0.917 bits per heavy atom. The van der Waals surface area contributed by atoms with Crippen molar-refractivity contribution in [2.75, 3.05) is 13.1 Å². The molecule has 0 unspecified atom stereocenters. The predicted molar refractivity (Wildman–Crippen MR) is 106 cm³/mol. The Balaban J connectivity index is 1.41. The van der Waals surface area contributed by atoms with E-state index in [1.807, 2.05) is 30.3 Å². The van der Waals surface area contributed by atoms with Crippen molar-refractivity contribution in [2.24, 2.45) is 0 Å². The summed E-state index contributed by atoms with van der Waals surface area (Å²) in [7, 11) is 0. The van der Waals surface area contributed by atoms with Crippen LogP contribution in [0.15, 0.2) is 54.7 Å². The van der Waals surface area contributed by atoms with Crippen molar-refractivity contribution in [1.82, 2.24) is 15.6 Å². The third kappa shape index (κ3) is 4.28. The zero-order chi connectivity index (χ0) is 16.8. The molecular formula is C19H20ClN3S. The van der Waals surface area contributed by atoms with E-state index >= 15 is 0 Å². The molecule has 0 atom stereocenters. The summed E-state index contributed by atoms with van der Waals surface area (Å²) >= 11 is 11.5. The topological polar surface area (TPSA) is 39.8 Å². The molecule has 0 aliphatic rings. The van der Waals surface area contributed by atoms with Crippen molar-refractivity contribution in [3.8, 4) is 0 Å². The third-order valence-corrected chi connectivity index (χ3v) is 4.65. The highest BCUT2D eigenvalue weighted by Gasteiger charge is 2.03. The first-order valence-electron chi connectivity index (χ1n) is 8.04. The number of benzene rings is 2. The Bertz CT molecular complexity index is 828. The SMILES string of the molecule is S=C(NCCc1ccccc1Cl)NCCc1c[nH]c2ccccc12. The number of para-hydroxylation sites is 1. The van der Waals surface area contributed by atoms with E-state index in [1.54, 1.807) is 0 Å². The molecule has 0 saturated carbocycles. The van der Waals surface area contributed by atoms with Gasteiger partial charge in [-0.2, -0.15) is 0 Å². The molecule has 0 aliphatic carbocycles. The molecule has 0 spiro atoms. The Morgan fingerprint density at radius 2 is 1.58 bits per heavy atom. The van der Waals surface area contributed by atoms with Crippen LogP contribution in [0.5, 0.6) is 0 Å². The molecule has 124 valence electrons. The monoisotopic (exact) mass is 357 g/mol. The summed E-state index contributed by atoms with van der Waals surface area (Å²) in [6, 6.07) is 16.2. The summed E-state index contributed by atoms with van der Waals surface area (Å²) < 4.78 is 0. The molecule has 0 saturated heterocycles. The molecule has 1 aromatic heterocycles. The van der Waals surface area contributed by atoms with Crippen molar-refractivity contribution >= 4 is 39.8 Å². The summed E-state index contributed by atoms with van der Waals surface area (Å²) in [4.78, 5) is 3.30. The van der Waals surface area contributed by atoms with Gasteiger partial charge < -0.3 is 15.6 Å². The first-order chi connectivity index (χ1) is 11.7. The fourth-order valence-electron chi connectivity index (χ4n) is 2.72. The second-order valence-corrected chi connectivity index (χ2v) is 6.45. The standard InChI is InChI=1S/C19H20ClN3S/c20-17-7-3-1-5-14(17)9-11-21-19(24)22-12-10-15-13-23-18-8-4-2-6-16(15)18/h1-8,13,23H,9-12H2,(H2,21,22,24). The molecule has 0 radical (unpaired) electrons. The van der Waals surface area contributed by atoms with Crippen LogP contribution in [0.3, 0.4) is 0 Å². The summed E-state index contributed by atoms with van der Waals surface area (Å²) in [6.45, 7) is 1.57. The molecule has 0 aliphatic heterocycles. The van der Waals surface area contributed by atoms with E-state index in [1.165, 1.54) is 16.5 Å². The van der Waals surface area contributed by atoms with E-state index in [0.717, 1.165) is 36.5 Å². The van der Waals surface area contributed by atoms with Crippen molar-refractivity contribution in [1.29, 1.82) is 0 Å². The van der Waals surface area contributed by atoms with E-state index in [4.69, 9.17) is 23.8 Å². The number of halogens is 1. The highest BCUT2D eigenvalue weighted by molar-refractivity contribution is 7.80. The molecule has 1 heterocycles. The Kier molecular flexibility index (Phi) is 5.72. The molecular weight excluding hydrogens is 338 g/mol. The number of nitrogens with one attached hydrogen (secondary N) is 3. The lowest BCUT2D eigenvalue weighted by atomic mass is 10.1. The van der Waals surface area contributed by atoms with Gasteiger partial charge in [-0.05, 0) is 48.3 Å². The lowest BCUT2D eigenvalue weighted by molar-refractivity contribution is 0.804. The molecule has 3 nitrogen and oxygen atoms in total. The molecule has 3 N–H and O–H groups in total. The molecule has 24 heavy (non-hydrogen) atoms. The number of H-pyrrole nitrogens is 1. The molecule has 3 aromatic rings. The van der Waals surface area contributed by atoms with E-state index < -0.39 is 0 Å². The number of hydrogen-bond acceptors (Lipinski definition) is 1. The second kappa shape index (κ2) is 8.18. The van der Waals surface area contributed by atoms with E-state index in [9.17, 15) is 0 Å². The predicted octanol–water partition coefficient (Wildman–Crippen LogP) is 4.07. The number of aromatic nitrogens is 1. The number of fused-ring (bicyclic) bond motifs is 1. The summed E-state index contributed by atoms with van der Waals surface area (Å²) in [6.07, 6.45) is 3.85. The van der Waals surface area contributed by atoms with Crippen LogP contribution in [0.25, 0.3) is 10.9 Å². The lowest BCUT2D eigenvalue weighted by Gasteiger charge is -2.11. The van der Waals surface area contributed by atoms with Gasteiger partial charge in [0.25, 0.3) is 0 Å². The van der Waals surface area contributed by atoms with Crippen LogP contribution in [0.2, 0.25) is 5.02 Å². The van der Waals surface area contributed by atoms with E-state index in [0.29, 0.717) is 5.11 Å². The van der Waals surface area contributed by atoms with Gasteiger partial charge in [0.15, 0.2) is 5.11 Å². The van der Waals surface area contributed by atoms with Crippen LogP contribution in [-0.4, -0.2) is 23.2 Å². The Hall–Kier alpha value is -2.04. The number of aromatic amines is 1. The zero-order valence-electron chi connectivity index (χ0n) is 13.3. The van der Waals surface area contributed by atoms with Crippen LogP contribution in [0, 0.1) is 0 Å². The molecule has 0 amide bonds. The lowest BCUT2D eigenvalue weighted by Crippen LogP contribution is -2.37. The fourth-order valence-corrected chi connectivity index (χ4v) is 3.16. The maximum absolute atomic E-state index is 6.15. The molecule has 0 bridgehead atoms. The highest BCUT2D eigenvalue weighted by Crippen LogP contribution is 2.17. The molecule has 2 aromatic carbocycles. The first-order valence-corrected chi connectivity index (χ1v) is 8.83. The minimum absolute atomic E-state index is 0.682. The first kappa shape index (κ1) is 16.8. The van der Waals surface area contributed by atoms with Crippen molar-refractivity contribution < 1.29 is 0 Å². The third-order valence-electron chi connectivity index (χ3n) is 3.99. The van der Waals surface area contributed by atoms with Gasteiger partial charge in [0.05, 0.1) is 0 Å². The van der Waals surface area contributed by atoms with Gasteiger partial charge in [-0.15, -0.1) is 0 Å². The zero-order valence-corrected chi connectivity index (χ0v) is 14.9. The van der Waals surface area contributed by atoms with Crippen LogP contribution >= 0.6 is 23.8 Å². The number of thiocarbonyl (C=S) groups is 1. The minimum atomic E-state index is 0.682. The van der Waals surface area contributed by atoms with Crippen LogP contribution in [0.1, 0.15) is 11.1 Å². The smallest absolute Gasteiger partial charge is 0.166 e. The Labute approximate surface area is 152 Å².